The highest BCUT2D eigenvalue weighted by atomic mass is 19.3. The van der Waals surface area contributed by atoms with Crippen molar-refractivity contribution in [1.29, 1.82) is 0 Å². The van der Waals surface area contributed by atoms with Gasteiger partial charge in [-0.3, -0.25) is 9.78 Å². The van der Waals surface area contributed by atoms with E-state index >= 15 is 0 Å². The summed E-state index contributed by atoms with van der Waals surface area (Å²) in [6.07, 6.45) is -2.37. The smallest absolute Gasteiger partial charge is 0.327 e. The van der Waals surface area contributed by atoms with Crippen LogP contribution in [0.5, 0.6) is 5.88 Å². The van der Waals surface area contributed by atoms with Crippen molar-refractivity contribution in [2.45, 2.75) is 39.8 Å². The molecule has 3 N–H and O–H groups in total. The number of nitrogen functional groups attached to an aromatic ring is 1. The van der Waals surface area contributed by atoms with Gasteiger partial charge in [0.05, 0.1) is 17.0 Å². The Bertz CT molecular complexity index is 1440. The highest BCUT2D eigenvalue weighted by Crippen LogP contribution is 2.39. The second kappa shape index (κ2) is 10.6. The molecule has 0 spiro atoms. The SMILES string of the molecule is CCc1nn(CC(=O)O)nc1COc1nc(N)nc(-c2ccc(F)cc2)c1-c1cc(C)nc(C(F)F)c1. The van der Waals surface area contributed by atoms with Gasteiger partial charge in [-0.05, 0) is 55.3 Å². The van der Waals surface area contributed by atoms with Crippen molar-refractivity contribution < 1.29 is 27.8 Å². The van der Waals surface area contributed by atoms with E-state index in [1.54, 1.807) is 13.0 Å². The Balaban J connectivity index is 1.84. The van der Waals surface area contributed by atoms with Crippen LogP contribution in [0.2, 0.25) is 0 Å². The molecule has 0 unspecified atom stereocenters. The van der Waals surface area contributed by atoms with E-state index in [2.05, 4.69) is 25.1 Å². The molecule has 3 heterocycles. The van der Waals surface area contributed by atoms with Crippen molar-refractivity contribution in [3.63, 3.8) is 0 Å². The summed E-state index contributed by atoms with van der Waals surface area (Å²) in [7, 11) is 0. The molecular weight excluding hydrogens is 491 g/mol. The van der Waals surface area contributed by atoms with E-state index in [0.717, 1.165) is 4.80 Å². The number of pyridine rings is 1. The van der Waals surface area contributed by atoms with Gasteiger partial charge in [0.2, 0.25) is 11.8 Å². The van der Waals surface area contributed by atoms with Gasteiger partial charge in [-0.1, -0.05) is 6.92 Å². The van der Waals surface area contributed by atoms with Crippen molar-refractivity contribution in [2.75, 3.05) is 5.73 Å². The molecule has 0 amide bonds. The number of benzene rings is 1. The minimum Gasteiger partial charge on any atom is -0.480 e. The third kappa shape index (κ3) is 5.82. The number of carboxylic acid groups (broad SMARTS) is 1. The molecule has 0 bridgehead atoms. The van der Waals surface area contributed by atoms with E-state index in [9.17, 15) is 18.0 Å². The van der Waals surface area contributed by atoms with Gasteiger partial charge in [-0.25, -0.2) is 18.2 Å². The van der Waals surface area contributed by atoms with Gasteiger partial charge in [-0.15, -0.1) is 0 Å². The van der Waals surface area contributed by atoms with Gasteiger partial charge >= 0.3 is 5.97 Å². The summed E-state index contributed by atoms with van der Waals surface area (Å²) in [6.45, 7) is 2.80. The molecule has 10 nitrogen and oxygen atoms in total. The summed E-state index contributed by atoms with van der Waals surface area (Å²) in [5, 5.41) is 17.4. The summed E-state index contributed by atoms with van der Waals surface area (Å²) in [6, 6.07) is 8.18. The molecule has 0 aliphatic rings. The molecule has 4 rings (SSSR count). The molecule has 0 aliphatic heterocycles. The molecule has 4 aromatic rings. The molecular formula is C24H22F3N7O3. The molecule has 192 valence electrons. The van der Waals surface area contributed by atoms with E-state index in [0.29, 0.717) is 34.6 Å². The van der Waals surface area contributed by atoms with Crippen molar-refractivity contribution >= 4 is 11.9 Å². The first-order valence-corrected chi connectivity index (χ1v) is 11.1. The molecule has 0 saturated carbocycles. The number of carboxylic acids is 1. The van der Waals surface area contributed by atoms with Gasteiger partial charge in [0.15, 0.2) is 6.54 Å². The number of carbonyl (C=O) groups is 1. The van der Waals surface area contributed by atoms with Crippen LogP contribution in [0.1, 0.15) is 36.1 Å². The Kier molecular flexibility index (Phi) is 7.32. The standard InChI is InChI=1S/C24H22F3N7O3/c1-3-16-18(33-34(32-16)10-19(35)36)11-37-23-20(14-8-12(2)29-17(9-14)22(26)27)21(30-24(28)31-23)13-4-6-15(25)7-5-13/h4-9,22H,3,10-11H2,1-2H3,(H,35,36)(H2,28,30,31). The first-order chi connectivity index (χ1) is 17.6. The summed E-state index contributed by atoms with van der Waals surface area (Å²) in [5.74, 6) is -1.78. The van der Waals surface area contributed by atoms with Gasteiger partial charge in [0, 0.05) is 11.3 Å². The van der Waals surface area contributed by atoms with Crippen LogP contribution in [0.25, 0.3) is 22.4 Å². The Labute approximate surface area is 209 Å². The van der Waals surface area contributed by atoms with Crippen LogP contribution in [0, 0.1) is 12.7 Å². The van der Waals surface area contributed by atoms with Crippen LogP contribution in [-0.2, 0) is 24.4 Å². The fraction of sp³-hybridized carbons (Fsp3) is 0.250. The number of ether oxygens (including phenoxy) is 1. The lowest BCUT2D eigenvalue weighted by Gasteiger charge is -2.16. The largest absolute Gasteiger partial charge is 0.480 e. The number of aryl methyl sites for hydroxylation is 2. The van der Waals surface area contributed by atoms with E-state index in [-0.39, 0.29) is 29.7 Å². The molecule has 1 aromatic carbocycles. The molecule has 13 heteroatoms. The topological polar surface area (TPSA) is 142 Å². The van der Waals surface area contributed by atoms with Gasteiger partial charge in [-0.2, -0.15) is 20.0 Å². The fourth-order valence-electron chi connectivity index (χ4n) is 3.72. The zero-order valence-corrected chi connectivity index (χ0v) is 19.8. The van der Waals surface area contributed by atoms with E-state index < -0.39 is 30.5 Å². The van der Waals surface area contributed by atoms with E-state index in [4.69, 9.17) is 15.6 Å². The van der Waals surface area contributed by atoms with Crippen molar-refractivity contribution in [2.24, 2.45) is 0 Å². The van der Waals surface area contributed by atoms with Crippen LogP contribution >= 0.6 is 0 Å². The first kappa shape index (κ1) is 25.5. The fourth-order valence-corrected chi connectivity index (χ4v) is 3.72. The van der Waals surface area contributed by atoms with Crippen molar-refractivity contribution in [1.82, 2.24) is 29.9 Å². The predicted molar refractivity (Wildman–Crippen MR) is 126 cm³/mol. The number of hydrogen-bond donors (Lipinski definition) is 2. The van der Waals surface area contributed by atoms with Crippen molar-refractivity contribution in [3.05, 3.63) is 65.0 Å². The van der Waals surface area contributed by atoms with E-state index in [1.807, 2.05) is 6.92 Å². The van der Waals surface area contributed by atoms with Crippen LogP contribution in [0.15, 0.2) is 36.4 Å². The molecule has 0 radical (unpaired) electrons. The average Bonchev–Trinajstić information content (AvgIpc) is 3.23. The number of hydrogen-bond acceptors (Lipinski definition) is 8. The monoisotopic (exact) mass is 513 g/mol. The normalized spacial score (nSPS) is 11.2. The Morgan fingerprint density at radius 3 is 2.43 bits per heavy atom. The third-order valence-corrected chi connectivity index (χ3v) is 5.26. The van der Waals surface area contributed by atoms with Crippen LogP contribution < -0.4 is 10.5 Å². The highest BCUT2D eigenvalue weighted by Gasteiger charge is 2.22. The molecule has 0 fully saturated rings. The lowest BCUT2D eigenvalue weighted by molar-refractivity contribution is -0.138. The number of halogens is 3. The predicted octanol–water partition coefficient (Wildman–Crippen LogP) is 3.99. The summed E-state index contributed by atoms with van der Waals surface area (Å²) in [4.78, 5) is 24.5. The Hall–Kier alpha value is -4.55. The average molecular weight is 513 g/mol. The summed E-state index contributed by atoms with van der Waals surface area (Å²) < 4.78 is 46.7. The van der Waals surface area contributed by atoms with Crippen LogP contribution in [0.3, 0.4) is 0 Å². The maximum Gasteiger partial charge on any atom is 0.327 e. The minimum absolute atomic E-state index is 0.0347. The number of alkyl halides is 2. The molecule has 0 atom stereocenters. The highest BCUT2D eigenvalue weighted by molar-refractivity contribution is 5.85. The lowest BCUT2D eigenvalue weighted by atomic mass is 9.99. The molecule has 0 saturated heterocycles. The zero-order valence-electron chi connectivity index (χ0n) is 19.8. The second-order valence-corrected chi connectivity index (χ2v) is 8.00. The maximum absolute atomic E-state index is 13.6. The first-order valence-electron chi connectivity index (χ1n) is 11.1. The lowest BCUT2D eigenvalue weighted by Crippen LogP contribution is -2.12. The summed E-state index contributed by atoms with van der Waals surface area (Å²) >= 11 is 0. The van der Waals surface area contributed by atoms with Crippen molar-refractivity contribution in [3.8, 4) is 28.3 Å². The van der Waals surface area contributed by atoms with Gasteiger partial charge < -0.3 is 15.6 Å². The number of anilines is 1. The third-order valence-electron chi connectivity index (χ3n) is 5.26. The summed E-state index contributed by atoms with van der Waals surface area (Å²) in [5.41, 5.74) is 7.94. The molecule has 3 aromatic heterocycles. The zero-order chi connectivity index (χ0) is 26.7. The van der Waals surface area contributed by atoms with Gasteiger partial charge in [0.1, 0.15) is 23.8 Å². The van der Waals surface area contributed by atoms with Gasteiger partial charge in [0.25, 0.3) is 6.43 Å². The molecule has 37 heavy (non-hydrogen) atoms. The Morgan fingerprint density at radius 1 is 1.08 bits per heavy atom. The quantitative estimate of drug-likeness (QED) is 0.340. The number of nitrogens with zero attached hydrogens (tertiary/aromatic N) is 6. The number of aliphatic carboxylic acids is 1. The van der Waals surface area contributed by atoms with Crippen LogP contribution in [0.4, 0.5) is 19.1 Å². The maximum atomic E-state index is 13.6. The number of nitrogens with two attached hydrogens (primary N) is 1. The van der Waals surface area contributed by atoms with Crippen LogP contribution in [-0.4, -0.2) is 41.0 Å². The van der Waals surface area contributed by atoms with E-state index in [1.165, 1.54) is 30.3 Å². The minimum atomic E-state index is -2.83. The Morgan fingerprint density at radius 2 is 1.78 bits per heavy atom. The number of aromatic nitrogens is 6. The number of rotatable bonds is 9. The molecule has 0 aliphatic carbocycles. The second-order valence-electron chi connectivity index (χ2n) is 8.00.